The molecule has 7 nitrogen and oxygen atoms in total. The lowest BCUT2D eigenvalue weighted by Gasteiger charge is -2.32. The quantitative estimate of drug-likeness (QED) is 0.277. The molecule has 0 bridgehead atoms. The summed E-state index contributed by atoms with van der Waals surface area (Å²) in [5, 5.41) is 2.85. The first-order valence-corrected chi connectivity index (χ1v) is 15.0. The highest BCUT2D eigenvalue weighted by atomic mass is 32.2. The smallest absolute Gasteiger partial charge is 0.264 e. The number of hydrogen-bond acceptors (Lipinski definition) is 4. The number of carbonyl (C=O) groups is 2. The van der Waals surface area contributed by atoms with E-state index in [2.05, 4.69) is 5.32 Å². The average Bonchev–Trinajstić information content (AvgIpc) is 2.95. The number of sulfonamides is 1. The molecule has 0 saturated carbocycles. The van der Waals surface area contributed by atoms with Crippen LogP contribution in [0.4, 0.5) is 10.1 Å². The van der Waals surface area contributed by atoms with Gasteiger partial charge in [-0.05, 0) is 66.8 Å². The maximum absolute atomic E-state index is 13.9. The normalized spacial score (nSPS) is 12.2. The molecule has 0 aliphatic carbocycles. The van der Waals surface area contributed by atoms with Gasteiger partial charge in [-0.3, -0.25) is 13.9 Å². The fourth-order valence-electron chi connectivity index (χ4n) is 4.18. The minimum absolute atomic E-state index is 0.00693. The molecule has 9 heteroatoms. The summed E-state index contributed by atoms with van der Waals surface area (Å²) in [6.07, 6.45) is 1.69. The van der Waals surface area contributed by atoms with Crippen LogP contribution in [-0.4, -0.2) is 44.3 Å². The molecule has 1 N–H and O–H groups in total. The van der Waals surface area contributed by atoms with Gasteiger partial charge >= 0.3 is 0 Å². The van der Waals surface area contributed by atoms with Crippen molar-refractivity contribution < 1.29 is 22.4 Å². The summed E-state index contributed by atoms with van der Waals surface area (Å²) in [7, 11) is -4.12. The monoisotopic (exact) mass is 567 g/mol. The lowest BCUT2D eigenvalue weighted by Crippen LogP contribution is -2.51. The SMILES string of the molecule is CCCCNC(=O)[C@@H](C)N(Cc1ccc(F)cc1)C(=O)CN(c1ccc(C(C)C)cc1)S(=O)(=O)c1ccccc1. The van der Waals surface area contributed by atoms with Crippen molar-refractivity contribution in [1.82, 2.24) is 10.2 Å². The standard InChI is InChI=1S/C31H38FN3O4S/c1-5-6-20-33-31(37)24(4)34(21-25-12-16-27(32)17-13-25)30(36)22-35(28-18-14-26(15-19-28)23(2)3)40(38,39)29-10-8-7-9-11-29/h7-19,23-24H,5-6,20-22H2,1-4H3,(H,33,37)/t24-/m1/s1. The van der Waals surface area contributed by atoms with E-state index in [9.17, 15) is 22.4 Å². The summed E-state index contributed by atoms with van der Waals surface area (Å²) in [6.45, 7) is 7.65. The van der Waals surface area contributed by atoms with Crippen molar-refractivity contribution in [3.63, 3.8) is 0 Å². The molecule has 0 aromatic heterocycles. The number of unbranched alkanes of at least 4 members (excludes halogenated alkanes) is 1. The number of amides is 2. The van der Waals surface area contributed by atoms with Gasteiger partial charge in [0.25, 0.3) is 10.0 Å². The number of hydrogen-bond donors (Lipinski definition) is 1. The maximum Gasteiger partial charge on any atom is 0.264 e. The van der Waals surface area contributed by atoms with Crippen LogP contribution in [-0.2, 0) is 26.2 Å². The van der Waals surface area contributed by atoms with Gasteiger partial charge in [0.2, 0.25) is 11.8 Å². The molecule has 0 saturated heterocycles. The van der Waals surface area contributed by atoms with Gasteiger partial charge in [0.05, 0.1) is 10.6 Å². The zero-order valence-corrected chi connectivity index (χ0v) is 24.3. The Balaban J connectivity index is 1.99. The Morgan fingerprint density at radius 3 is 2.10 bits per heavy atom. The van der Waals surface area contributed by atoms with Crippen LogP contribution >= 0.6 is 0 Å². The number of rotatable bonds is 13. The molecule has 40 heavy (non-hydrogen) atoms. The first-order valence-electron chi connectivity index (χ1n) is 13.5. The summed E-state index contributed by atoms with van der Waals surface area (Å²) in [5.74, 6) is -1.08. The summed E-state index contributed by atoms with van der Waals surface area (Å²) in [6, 6.07) is 19.8. The van der Waals surface area contributed by atoms with Gasteiger partial charge in [0.15, 0.2) is 0 Å². The Bertz CT molecular complexity index is 1360. The van der Waals surface area contributed by atoms with Gasteiger partial charge in [-0.15, -0.1) is 0 Å². The van der Waals surface area contributed by atoms with Crippen molar-refractivity contribution in [3.8, 4) is 0 Å². The van der Waals surface area contributed by atoms with Gasteiger partial charge in [0, 0.05) is 13.1 Å². The molecule has 1 atom stereocenters. The maximum atomic E-state index is 13.9. The number of benzene rings is 3. The molecular formula is C31H38FN3O4S. The van der Waals surface area contributed by atoms with Crippen molar-refractivity contribution in [2.24, 2.45) is 0 Å². The predicted octanol–water partition coefficient (Wildman–Crippen LogP) is 5.48. The summed E-state index contributed by atoms with van der Waals surface area (Å²) < 4.78 is 42.3. The Kier molecular flexibility index (Phi) is 10.8. The molecule has 0 spiro atoms. The lowest BCUT2D eigenvalue weighted by atomic mass is 10.0. The topological polar surface area (TPSA) is 86.8 Å². The van der Waals surface area contributed by atoms with E-state index in [4.69, 9.17) is 0 Å². The van der Waals surface area contributed by atoms with E-state index in [1.54, 1.807) is 49.4 Å². The Morgan fingerprint density at radius 2 is 1.52 bits per heavy atom. The van der Waals surface area contributed by atoms with Crippen LogP contribution in [0.15, 0.2) is 83.8 Å². The second-order valence-corrected chi connectivity index (χ2v) is 11.9. The first-order chi connectivity index (χ1) is 19.0. The third-order valence-corrected chi connectivity index (χ3v) is 8.51. The van der Waals surface area contributed by atoms with Crippen LogP contribution in [0.3, 0.4) is 0 Å². The highest BCUT2D eigenvalue weighted by Gasteiger charge is 2.32. The number of halogens is 1. The molecule has 0 aliphatic rings. The fourth-order valence-corrected chi connectivity index (χ4v) is 5.61. The minimum Gasteiger partial charge on any atom is -0.354 e. The van der Waals surface area contributed by atoms with Crippen molar-refractivity contribution >= 4 is 27.5 Å². The number of nitrogens with zero attached hydrogens (tertiary/aromatic N) is 2. The zero-order chi connectivity index (χ0) is 29.3. The molecular weight excluding hydrogens is 529 g/mol. The van der Waals surface area contributed by atoms with Gasteiger partial charge in [-0.1, -0.05) is 69.7 Å². The van der Waals surface area contributed by atoms with Gasteiger partial charge < -0.3 is 10.2 Å². The van der Waals surface area contributed by atoms with Crippen LogP contribution in [0.1, 0.15) is 57.6 Å². The summed E-state index contributed by atoms with van der Waals surface area (Å²) in [5.41, 5.74) is 1.98. The van der Waals surface area contributed by atoms with Crippen molar-refractivity contribution in [2.75, 3.05) is 17.4 Å². The Labute approximate surface area is 237 Å². The van der Waals surface area contributed by atoms with Crippen molar-refractivity contribution in [2.45, 2.75) is 63.9 Å². The van der Waals surface area contributed by atoms with Crippen LogP contribution in [0, 0.1) is 5.82 Å². The lowest BCUT2D eigenvalue weighted by molar-refractivity contribution is -0.139. The molecule has 214 valence electrons. The third kappa shape index (κ3) is 7.91. The Morgan fingerprint density at radius 1 is 0.900 bits per heavy atom. The average molecular weight is 568 g/mol. The highest BCUT2D eigenvalue weighted by Crippen LogP contribution is 2.26. The largest absolute Gasteiger partial charge is 0.354 e. The second kappa shape index (κ2) is 14.1. The molecule has 0 fully saturated rings. The van der Waals surface area contributed by atoms with E-state index >= 15 is 0 Å². The number of anilines is 1. The molecule has 3 aromatic rings. The predicted molar refractivity (Wildman–Crippen MR) is 156 cm³/mol. The molecule has 0 heterocycles. The van der Waals surface area contributed by atoms with E-state index < -0.39 is 34.3 Å². The molecule has 2 amide bonds. The van der Waals surface area contributed by atoms with E-state index in [0.29, 0.717) is 17.8 Å². The van der Waals surface area contributed by atoms with Gasteiger partial charge in [0.1, 0.15) is 18.4 Å². The fraction of sp³-hybridized carbons (Fsp3) is 0.355. The van der Waals surface area contributed by atoms with Crippen LogP contribution < -0.4 is 9.62 Å². The van der Waals surface area contributed by atoms with Crippen LogP contribution in [0.2, 0.25) is 0 Å². The van der Waals surface area contributed by atoms with Crippen LogP contribution in [0.25, 0.3) is 0 Å². The Hall–Kier alpha value is -3.72. The summed E-state index contributed by atoms with van der Waals surface area (Å²) in [4.78, 5) is 28.3. The molecule has 3 aromatic carbocycles. The number of nitrogens with one attached hydrogen (secondary N) is 1. The summed E-state index contributed by atoms with van der Waals surface area (Å²) >= 11 is 0. The van der Waals surface area contributed by atoms with E-state index in [-0.39, 0.29) is 23.3 Å². The molecule has 0 unspecified atom stereocenters. The van der Waals surface area contributed by atoms with E-state index in [1.807, 2.05) is 32.9 Å². The van der Waals surface area contributed by atoms with Crippen molar-refractivity contribution in [3.05, 3.63) is 95.8 Å². The molecule has 0 aliphatic heterocycles. The number of carbonyl (C=O) groups excluding carboxylic acids is 2. The van der Waals surface area contributed by atoms with Gasteiger partial charge in [-0.25, -0.2) is 12.8 Å². The third-order valence-electron chi connectivity index (χ3n) is 6.72. The van der Waals surface area contributed by atoms with Crippen LogP contribution in [0.5, 0.6) is 0 Å². The minimum atomic E-state index is -4.12. The van der Waals surface area contributed by atoms with E-state index in [0.717, 1.165) is 22.7 Å². The van der Waals surface area contributed by atoms with Crippen molar-refractivity contribution in [1.29, 1.82) is 0 Å². The molecule has 3 rings (SSSR count). The van der Waals surface area contributed by atoms with E-state index in [1.165, 1.54) is 29.2 Å². The first kappa shape index (κ1) is 30.8. The highest BCUT2D eigenvalue weighted by molar-refractivity contribution is 7.92. The zero-order valence-electron chi connectivity index (χ0n) is 23.5. The van der Waals surface area contributed by atoms with Gasteiger partial charge in [-0.2, -0.15) is 0 Å². The molecule has 0 radical (unpaired) electrons. The second-order valence-electron chi connectivity index (χ2n) is 10.0.